The van der Waals surface area contributed by atoms with Crippen LogP contribution in [0.5, 0.6) is 11.5 Å². The van der Waals surface area contributed by atoms with Crippen LogP contribution in [0.15, 0.2) is 29.3 Å². The summed E-state index contributed by atoms with van der Waals surface area (Å²) in [5.74, 6) is 0.830. The van der Waals surface area contributed by atoms with E-state index in [-0.39, 0.29) is 6.10 Å². The molecule has 19 heavy (non-hydrogen) atoms. The molecule has 0 unspecified atom stereocenters. The lowest BCUT2D eigenvalue weighted by molar-refractivity contribution is -0.113. The Balaban J connectivity index is 2.93. The Hall–Kier alpha value is -1.97. The molecular weight excluding hydrogens is 262 g/mol. The maximum atomic E-state index is 11.1. The summed E-state index contributed by atoms with van der Waals surface area (Å²) in [6, 6.07) is 5.40. The van der Waals surface area contributed by atoms with Crippen LogP contribution in [0.4, 0.5) is 0 Å². The van der Waals surface area contributed by atoms with Crippen LogP contribution in [0.25, 0.3) is 6.08 Å². The molecule has 0 aliphatic rings. The maximum Gasteiger partial charge on any atom is 0.278 e. The van der Waals surface area contributed by atoms with Crippen LogP contribution in [0.1, 0.15) is 19.4 Å². The van der Waals surface area contributed by atoms with E-state index < -0.39 is 5.91 Å². The lowest BCUT2D eigenvalue weighted by Crippen LogP contribution is -2.06. The van der Waals surface area contributed by atoms with Gasteiger partial charge in [0.15, 0.2) is 11.5 Å². The highest BCUT2D eigenvalue weighted by Gasteiger charge is 2.06. The molecule has 0 fully saturated rings. The normalized spacial score (nSPS) is 10.3. The first-order valence-electron chi connectivity index (χ1n) is 5.71. The summed E-state index contributed by atoms with van der Waals surface area (Å²) in [6.07, 6.45) is 3.01. The van der Waals surface area contributed by atoms with Crippen LogP contribution < -0.4 is 9.47 Å². The molecule has 0 spiro atoms. The van der Waals surface area contributed by atoms with Gasteiger partial charge in [-0.15, -0.1) is 0 Å². The molecule has 0 N–H and O–H groups in total. The monoisotopic (exact) mass is 277 g/mol. The number of nitrogens with zero attached hydrogens (tertiary/aromatic N) is 1. The molecule has 0 aliphatic carbocycles. The van der Waals surface area contributed by atoms with E-state index in [0.717, 1.165) is 5.56 Å². The standard InChI is InChI=1S/C14H15NO3S/c1-10(2)18-12-6-4-11(8-13(12)17-3)5-7-14(16)15-9-19/h4-8,10H,1-3H3/b7-5+. The number of amides is 1. The summed E-state index contributed by atoms with van der Waals surface area (Å²) < 4.78 is 10.8. The zero-order valence-electron chi connectivity index (χ0n) is 11.0. The molecular formula is C14H15NO3S. The lowest BCUT2D eigenvalue weighted by atomic mass is 10.2. The number of hydrogen-bond donors (Lipinski definition) is 0. The molecule has 0 aromatic heterocycles. The van der Waals surface area contributed by atoms with Crippen LogP contribution in [0.2, 0.25) is 0 Å². The van der Waals surface area contributed by atoms with E-state index in [0.29, 0.717) is 11.5 Å². The Kier molecular flexibility index (Phi) is 5.93. The van der Waals surface area contributed by atoms with Crippen LogP contribution in [-0.2, 0) is 4.79 Å². The van der Waals surface area contributed by atoms with Gasteiger partial charge in [0.2, 0.25) is 0 Å². The molecule has 0 bridgehead atoms. The third kappa shape index (κ3) is 5.04. The van der Waals surface area contributed by atoms with Gasteiger partial charge in [0.1, 0.15) is 0 Å². The van der Waals surface area contributed by atoms with E-state index in [4.69, 9.17) is 9.47 Å². The first-order valence-corrected chi connectivity index (χ1v) is 6.12. The quantitative estimate of drug-likeness (QED) is 0.471. The Morgan fingerprint density at radius 1 is 1.42 bits per heavy atom. The van der Waals surface area contributed by atoms with Crippen molar-refractivity contribution in [2.24, 2.45) is 4.99 Å². The summed E-state index contributed by atoms with van der Waals surface area (Å²) in [7, 11) is 1.57. The highest BCUT2D eigenvalue weighted by atomic mass is 32.1. The summed E-state index contributed by atoms with van der Waals surface area (Å²) >= 11 is 4.35. The minimum atomic E-state index is -0.448. The Labute approximate surface area is 117 Å². The summed E-state index contributed by atoms with van der Waals surface area (Å²) in [6.45, 7) is 3.88. The number of methoxy groups -OCH3 is 1. The average Bonchev–Trinajstić information content (AvgIpc) is 2.37. The predicted octanol–water partition coefficient (Wildman–Crippen LogP) is 3.13. The van der Waals surface area contributed by atoms with Gasteiger partial charge in [-0.3, -0.25) is 4.79 Å². The van der Waals surface area contributed by atoms with E-state index in [1.54, 1.807) is 25.3 Å². The second-order valence-electron chi connectivity index (χ2n) is 3.95. The number of isothiocyanates is 1. The van der Waals surface area contributed by atoms with Crippen molar-refractivity contribution < 1.29 is 14.3 Å². The SMILES string of the molecule is COc1cc(/C=C/C(=O)N=C=S)ccc1OC(C)C. The second-order valence-corrected chi connectivity index (χ2v) is 4.13. The molecule has 0 saturated heterocycles. The van der Waals surface area contributed by atoms with Gasteiger partial charge in [-0.05, 0) is 49.8 Å². The summed E-state index contributed by atoms with van der Waals surface area (Å²) in [5.41, 5.74) is 0.806. The number of carbonyl (C=O) groups excluding carboxylic acids is 1. The van der Waals surface area contributed by atoms with E-state index in [2.05, 4.69) is 17.2 Å². The van der Waals surface area contributed by atoms with Crippen molar-refractivity contribution in [3.05, 3.63) is 29.8 Å². The topological polar surface area (TPSA) is 47.9 Å². The fourth-order valence-corrected chi connectivity index (χ4v) is 1.48. The third-order valence-corrected chi connectivity index (χ3v) is 2.22. The number of benzene rings is 1. The molecule has 0 radical (unpaired) electrons. The number of carbonyl (C=O) groups is 1. The van der Waals surface area contributed by atoms with Crippen molar-refractivity contribution in [2.45, 2.75) is 20.0 Å². The van der Waals surface area contributed by atoms with Gasteiger partial charge in [0.05, 0.1) is 18.4 Å². The molecule has 0 aliphatic heterocycles. The Bertz CT molecular complexity index is 531. The predicted molar refractivity (Wildman–Crippen MR) is 77.8 cm³/mol. The molecule has 1 rings (SSSR count). The minimum Gasteiger partial charge on any atom is -0.493 e. The van der Waals surface area contributed by atoms with Crippen LogP contribution in [0.3, 0.4) is 0 Å². The van der Waals surface area contributed by atoms with Crippen molar-refractivity contribution in [3.63, 3.8) is 0 Å². The highest BCUT2D eigenvalue weighted by Crippen LogP contribution is 2.29. The molecule has 5 heteroatoms. The maximum absolute atomic E-state index is 11.1. The average molecular weight is 277 g/mol. The fourth-order valence-electron chi connectivity index (χ4n) is 1.39. The van der Waals surface area contributed by atoms with Gasteiger partial charge in [0, 0.05) is 6.08 Å². The zero-order chi connectivity index (χ0) is 14.3. The van der Waals surface area contributed by atoms with Gasteiger partial charge in [-0.2, -0.15) is 4.99 Å². The fraction of sp³-hybridized carbons (Fsp3) is 0.286. The largest absolute Gasteiger partial charge is 0.493 e. The molecule has 1 amide bonds. The van der Waals surface area contributed by atoms with Gasteiger partial charge < -0.3 is 9.47 Å². The van der Waals surface area contributed by atoms with Gasteiger partial charge in [0.25, 0.3) is 5.91 Å². The molecule has 1 aromatic rings. The number of hydrogen-bond acceptors (Lipinski definition) is 4. The Morgan fingerprint density at radius 3 is 2.74 bits per heavy atom. The van der Waals surface area contributed by atoms with Crippen molar-refractivity contribution in [1.82, 2.24) is 0 Å². The van der Waals surface area contributed by atoms with Crippen molar-refractivity contribution in [3.8, 4) is 11.5 Å². The number of ether oxygens (including phenoxy) is 2. The molecule has 0 saturated carbocycles. The summed E-state index contributed by atoms with van der Waals surface area (Å²) in [4.78, 5) is 14.5. The zero-order valence-corrected chi connectivity index (χ0v) is 11.9. The van der Waals surface area contributed by atoms with E-state index in [9.17, 15) is 4.79 Å². The van der Waals surface area contributed by atoms with Gasteiger partial charge >= 0.3 is 0 Å². The summed E-state index contributed by atoms with van der Waals surface area (Å²) in [5, 5.41) is 2.02. The molecule has 100 valence electrons. The first kappa shape index (κ1) is 15.1. The lowest BCUT2D eigenvalue weighted by Gasteiger charge is -2.13. The van der Waals surface area contributed by atoms with E-state index >= 15 is 0 Å². The third-order valence-electron chi connectivity index (χ3n) is 2.12. The minimum absolute atomic E-state index is 0.0637. The highest BCUT2D eigenvalue weighted by molar-refractivity contribution is 7.78. The molecule has 1 aromatic carbocycles. The first-order chi connectivity index (χ1) is 9.06. The van der Waals surface area contributed by atoms with Crippen LogP contribution in [-0.4, -0.2) is 24.3 Å². The number of aliphatic imine (C=N–C) groups is 1. The van der Waals surface area contributed by atoms with Crippen molar-refractivity contribution in [1.29, 1.82) is 0 Å². The van der Waals surface area contributed by atoms with Crippen molar-refractivity contribution in [2.75, 3.05) is 7.11 Å². The number of rotatable bonds is 5. The van der Waals surface area contributed by atoms with Gasteiger partial charge in [-0.25, -0.2) is 0 Å². The molecule has 0 atom stereocenters. The van der Waals surface area contributed by atoms with Crippen LogP contribution in [0, 0.1) is 0 Å². The molecule has 4 nitrogen and oxygen atoms in total. The number of thiocarbonyl (C=S) groups is 1. The Morgan fingerprint density at radius 2 is 2.16 bits per heavy atom. The van der Waals surface area contributed by atoms with Crippen LogP contribution >= 0.6 is 12.2 Å². The van der Waals surface area contributed by atoms with E-state index in [1.165, 1.54) is 6.08 Å². The van der Waals surface area contributed by atoms with Crippen molar-refractivity contribution >= 4 is 29.4 Å². The second kappa shape index (κ2) is 7.46. The van der Waals surface area contributed by atoms with E-state index in [1.807, 2.05) is 25.1 Å². The van der Waals surface area contributed by atoms with Gasteiger partial charge in [-0.1, -0.05) is 6.07 Å². The molecule has 0 heterocycles. The smallest absolute Gasteiger partial charge is 0.278 e.